The van der Waals surface area contributed by atoms with Crippen LogP contribution >= 0.6 is 0 Å². The summed E-state index contributed by atoms with van der Waals surface area (Å²) in [6.45, 7) is 4.56. The predicted octanol–water partition coefficient (Wildman–Crippen LogP) is 1.40. The zero-order valence-corrected chi connectivity index (χ0v) is 10.0. The largest absolute Gasteiger partial charge is 0.481 e. The van der Waals surface area contributed by atoms with Crippen molar-refractivity contribution in [3.8, 4) is 5.88 Å². The molecule has 0 aliphatic carbocycles. The van der Waals surface area contributed by atoms with E-state index in [0.29, 0.717) is 24.8 Å². The molecule has 0 fully saturated rings. The fourth-order valence-electron chi connectivity index (χ4n) is 1.07. The number of ether oxygens (including phenoxy) is 1. The first-order valence-electron chi connectivity index (χ1n) is 5.55. The van der Waals surface area contributed by atoms with Crippen LogP contribution in [0.4, 0.5) is 5.82 Å². The summed E-state index contributed by atoms with van der Waals surface area (Å²) in [5.41, 5.74) is 0. The fraction of sp³-hybridized carbons (Fsp3) is 0.545. The van der Waals surface area contributed by atoms with Gasteiger partial charge in [-0.15, -0.1) is 0 Å². The summed E-state index contributed by atoms with van der Waals surface area (Å²) in [4.78, 5) is 18.6. The zero-order valence-electron chi connectivity index (χ0n) is 10.0. The molecule has 0 aromatic carbocycles. The van der Waals surface area contributed by atoms with Crippen molar-refractivity contribution in [3.05, 3.63) is 12.4 Å². The van der Waals surface area contributed by atoms with E-state index in [2.05, 4.69) is 15.3 Å². The lowest BCUT2D eigenvalue weighted by Gasteiger charge is -2.09. The van der Waals surface area contributed by atoms with Crippen LogP contribution in [-0.4, -0.2) is 34.2 Å². The van der Waals surface area contributed by atoms with Crippen molar-refractivity contribution in [2.75, 3.05) is 18.5 Å². The second-order valence-corrected chi connectivity index (χ2v) is 3.71. The smallest absolute Gasteiger partial charge is 0.308 e. The van der Waals surface area contributed by atoms with Gasteiger partial charge in [-0.25, -0.2) is 9.97 Å². The van der Waals surface area contributed by atoms with Gasteiger partial charge in [-0.1, -0.05) is 13.8 Å². The maximum atomic E-state index is 10.6. The molecule has 1 heterocycles. The number of carboxylic acids is 1. The molecule has 0 saturated heterocycles. The number of nitrogens with zero attached hydrogens (tertiary/aromatic N) is 2. The van der Waals surface area contributed by atoms with E-state index in [1.165, 1.54) is 6.33 Å². The lowest BCUT2D eigenvalue weighted by molar-refractivity contribution is -0.140. The summed E-state index contributed by atoms with van der Waals surface area (Å²) in [6.07, 6.45) is 2.29. The van der Waals surface area contributed by atoms with E-state index in [1.54, 1.807) is 13.0 Å². The number of rotatable bonds is 7. The first kappa shape index (κ1) is 13.2. The Hall–Kier alpha value is -1.85. The molecule has 17 heavy (non-hydrogen) atoms. The van der Waals surface area contributed by atoms with Crippen LogP contribution in [-0.2, 0) is 4.79 Å². The minimum absolute atomic E-state index is 0.319. The van der Waals surface area contributed by atoms with Crippen LogP contribution < -0.4 is 10.1 Å². The standard InChI is InChI=1S/C11H17N3O3/c1-3-4-17-10-5-9(13-7-14-10)12-6-8(2)11(15)16/h5,7-8H,3-4,6H2,1-2H3,(H,15,16)(H,12,13,14). The predicted molar refractivity (Wildman–Crippen MR) is 63.1 cm³/mol. The molecule has 0 aliphatic rings. The third kappa shape index (κ3) is 4.67. The van der Waals surface area contributed by atoms with Crippen molar-refractivity contribution in [1.82, 2.24) is 9.97 Å². The first-order valence-corrected chi connectivity index (χ1v) is 5.55. The van der Waals surface area contributed by atoms with Gasteiger partial charge in [0.1, 0.15) is 12.1 Å². The Morgan fingerprint density at radius 1 is 1.59 bits per heavy atom. The average molecular weight is 239 g/mol. The molecule has 0 saturated carbocycles. The number of anilines is 1. The van der Waals surface area contributed by atoms with Crippen molar-refractivity contribution in [2.24, 2.45) is 5.92 Å². The number of carboxylic acid groups (broad SMARTS) is 1. The Kier molecular flexibility index (Phi) is 5.19. The van der Waals surface area contributed by atoms with E-state index in [9.17, 15) is 4.79 Å². The van der Waals surface area contributed by atoms with Gasteiger partial charge in [-0.05, 0) is 6.42 Å². The summed E-state index contributed by atoms with van der Waals surface area (Å²) in [7, 11) is 0. The molecule has 6 heteroatoms. The minimum atomic E-state index is -0.839. The van der Waals surface area contributed by atoms with Crippen LogP contribution in [0, 0.1) is 5.92 Å². The molecule has 6 nitrogen and oxygen atoms in total. The van der Waals surface area contributed by atoms with Gasteiger partial charge in [0.05, 0.1) is 12.5 Å². The molecule has 0 spiro atoms. The summed E-state index contributed by atoms with van der Waals surface area (Å²) in [6, 6.07) is 1.66. The highest BCUT2D eigenvalue weighted by molar-refractivity contribution is 5.70. The number of carbonyl (C=O) groups is 1. The molecule has 1 rings (SSSR count). The van der Waals surface area contributed by atoms with Gasteiger partial charge >= 0.3 is 5.97 Å². The third-order valence-corrected chi connectivity index (χ3v) is 2.11. The topological polar surface area (TPSA) is 84.3 Å². The molecular formula is C11H17N3O3. The van der Waals surface area contributed by atoms with Gasteiger partial charge in [0.25, 0.3) is 0 Å². The SMILES string of the molecule is CCCOc1cc(NCC(C)C(=O)O)ncn1. The van der Waals surface area contributed by atoms with Gasteiger partial charge in [-0.3, -0.25) is 4.79 Å². The monoisotopic (exact) mass is 239 g/mol. The Morgan fingerprint density at radius 2 is 2.35 bits per heavy atom. The molecule has 0 bridgehead atoms. The number of hydrogen-bond donors (Lipinski definition) is 2. The Labute approximate surface area is 100 Å². The van der Waals surface area contributed by atoms with Crippen LogP contribution in [0.1, 0.15) is 20.3 Å². The van der Waals surface area contributed by atoms with Crippen molar-refractivity contribution in [3.63, 3.8) is 0 Å². The van der Waals surface area contributed by atoms with Gasteiger partial charge in [-0.2, -0.15) is 0 Å². The summed E-state index contributed by atoms with van der Waals surface area (Å²) in [5.74, 6) is -0.245. The molecule has 0 amide bonds. The molecule has 94 valence electrons. The lowest BCUT2D eigenvalue weighted by Crippen LogP contribution is -2.20. The number of hydrogen-bond acceptors (Lipinski definition) is 5. The van der Waals surface area contributed by atoms with Gasteiger partial charge in [0.15, 0.2) is 0 Å². The minimum Gasteiger partial charge on any atom is -0.481 e. The molecule has 1 unspecified atom stereocenters. The van der Waals surface area contributed by atoms with Crippen LogP contribution in [0.3, 0.4) is 0 Å². The van der Waals surface area contributed by atoms with Crippen molar-refractivity contribution in [2.45, 2.75) is 20.3 Å². The summed E-state index contributed by atoms with van der Waals surface area (Å²) in [5, 5.41) is 11.7. The van der Waals surface area contributed by atoms with Crippen LogP contribution in [0.2, 0.25) is 0 Å². The van der Waals surface area contributed by atoms with Crippen molar-refractivity contribution in [1.29, 1.82) is 0 Å². The molecular weight excluding hydrogens is 222 g/mol. The molecule has 1 atom stereocenters. The summed E-state index contributed by atoms with van der Waals surface area (Å²) < 4.78 is 5.34. The quantitative estimate of drug-likeness (QED) is 0.748. The van der Waals surface area contributed by atoms with E-state index in [-0.39, 0.29) is 0 Å². The molecule has 1 aromatic rings. The van der Waals surface area contributed by atoms with E-state index < -0.39 is 11.9 Å². The zero-order chi connectivity index (χ0) is 12.7. The van der Waals surface area contributed by atoms with Gasteiger partial charge < -0.3 is 15.2 Å². The number of nitrogens with one attached hydrogen (secondary N) is 1. The third-order valence-electron chi connectivity index (χ3n) is 2.11. The average Bonchev–Trinajstić information content (AvgIpc) is 2.33. The Bertz CT molecular complexity index is 371. The van der Waals surface area contributed by atoms with Crippen LogP contribution in [0.15, 0.2) is 12.4 Å². The highest BCUT2D eigenvalue weighted by Gasteiger charge is 2.10. The van der Waals surface area contributed by atoms with Crippen LogP contribution in [0.5, 0.6) is 5.88 Å². The maximum absolute atomic E-state index is 10.6. The normalized spacial score (nSPS) is 11.9. The number of aliphatic carboxylic acids is 1. The molecule has 2 N–H and O–H groups in total. The second kappa shape index (κ2) is 6.67. The van der Waals surface area contributed by atoms with E-state index in [0.717, 1.165) is 6.42 Å². The second-order valence-electron chi connectivity index (χ2n) is 3.71. The highest BCUT2D eigenvalue weighted by atomic mass is 16.5. The van der Waals surface area contributed by atoms with Crippen molar-refractivity contribution < 1.29 is 14.6 Å². The highest BCUT2D eigenvalue weighted by Crippen LogP contribution is 2.11. The molecule has 1 aromatic heterocycles. The van der Waals surface area contributed by atoms with E-state index >= 15 is 0 Å². The van der Waals surface area contributed by atoms with E-state index in [1.807, 2.05) is 6.92 Å². The molecule has 0 aliphatic heterocycles. The lowest BCUT2D eigenvalue weighted by atomic mass is 10.2. The Morgan fingerprint density at radius 3 is 3.00 bits per heavy atom. The number of aromatic nitrogens is 2. The maximum Gasteiger partial charge on any atom is 0.308 e. The van der Waals surface area contributed by atoms with E-state index in [4.69, 9.17) is 9.84 Å². The van der Waals surface area contributed by atoms with Gasteiger partial charge in [0.2, 0.25) is 5.88 Å². The van der Waals surface area contributed by atoms with Gasteiger partial charge in [0, 0.05) is 12.6 Å². The first-order chi connectivity index (χ1) is 8.13. The fourth-order valence-corrected chi connectivity index (χ4v) is 1.07. The van der Waals surface area contributed by atoms with Crippen LogP contribution in [0.25, 0.3) is 0 Å². The van der Waals surface area contributed by atoms with Crippen molar-refractivity contribution >= 4 is 11.8 Å². The summed E-state index contributed by atoms with van der Waals surface area (Å²) >= 11 is 0. The Balaban J connectivity index is 2.50. The molecule has 0 radical (unpaired) electrons.